The molecule has 0 spiro atoms. The lowest BCUT2D eigenvalue weighted by Gasteiger charge is -2.26. The lowest BCUT2D eigenvalue weighted by Crippen LogP contribution is -2.35. The molecule has 1 heteroatoms. The first-order chi connectivity index (χ1) is 9.31. The molecule has 0 fully saturated rings. The standard InChI is InChI=1S/C18H29N/c1-4-7-14-17(6-3)18(11-5-2)19-15-16-12-9-8-10-13-16/h5,8-10,12-13,17-19H,2,4,6-7,11,14-15H2,1,3H3. The predicted molar refractivity (Wildman–Crippen MR) is 85.2 cm³/mol. The summed E-state index contributed by atoms with van der Waals surface area (Å²) in [6, 6.07) is 11.2. The molecule has 0 heterocycles. The van der Waals surface area contributed by atoms with Crippen molar-refractivity contribution in [2.75, 3.05) is 0 Å². The van der Waals surface area contributed by atoms with Crippen molar-refractivity contribution in [1.29, 1.82) is 0 Å². The zero-order valence-corrected chi connectivity index (χ0v) is 12.6. The number of rotatable bonds is 10. The normalized spacial score (nSPS) is 14.0. The van der Waals surface area contributed by atoms with E-state index in [4.69, 9.17) is 0 Å². The van der Waals surface area contributed by atoms with Crippen LogP contribution in [0.1, 0.15) is 51.5 Å². The van der Waals surface area contributed by atoms with Crippen LogP contribution in [-0.2, 0) is 6.54 Å². The van der Waals surface area contributed by atoms with Gasteiger partial charge < -0.3 is 5.32 Å². The second kappa shape index (κ2) is 9.80. The summed E-state index contributed by atoms with van der Waals surface area (Å²) >= 11 is 0. The van der Waals surface area contributed by atoms with Gasteiger partial charge in [0.2, 0.25) is 0 Å². The van der Waals surface area contributed by atoms with E-state index >= 15 is 0 Å². The number of hydrogen-bond donors (Lipinski definition) is 1. The molecule has 0 aliphatic rings. The van der Waals surface area contributed by atoms with E-state index in [1.165, 1.54) is 31.2 Å². The second-order valence-corrected chi connectivity index (χ2v) is 5.31. The van der Waals surface area contributed by atoms with Crippen molar-refractivity contribution in [3.8, 4) is 0 Å². The molecule has 0 bridgehead atoms. The van der Waals surface area contributed by atoms with Crippen LogP contribution in [0.15, 0.2) is 43.0 Å². The summed E-state index contributed by atoms with van der Waals surface area (Å²) < 4.78 is 0. The van der Waals surface area contributed by atoms with Crippen molar-refractivity contribution in [3.05, 3.63) is 48.6 Å². The molecule has 0 amide bonds. The summed E-state index contributed by atoms with van der Waals surface area (Å²) in [5, 5.41) is 3.73. The zero-order chi connectivity index (χ0) is 13.9. The minimum absolute atomic E-state index is 0.564. The molecule has 1 N–H and O–H groups in total. The maximum Gasteiger partial charge on any atom is 0.0208 e. The fourth-order valence-corrected chi connectivity index (χ4v) is 2.62. The molecule has 2 unspecified atom stereocenters. The van der Waals surface area contributed by atoms with Gasteiger partial charge in [0.05, 0.1) is 0 Å². The van der Waals surface area contributed by atoms with E-state index in [9.17, 15) is 0 Å². The quantitative estimate of drug-likeness (QED) is 0.587. The molecule has 1 aromatic carbocycles. The SMILES string of the molecule is C=CCC(NCc1ccccc1)C(CC)CCCC. The van der Waals surface area contributed by atoms with E-state index in [0.29, 0.717) is 6.04 Å². The summed E-state index contributed by atoms with van der Waals surface area (Å²) in [5.41, 5.74) is 1.36. The van der Waals surface area contributed by atoms with Crippen LogP contribution >= 0.6 is 0 Å². The molecule has 0 saturated carbocycles. The highest BCUT2D eigenvalue weighted by Crippen LogP contribution is 2.20. The molecule has 0 aliphatic heterocycles. The molecule has 0 aromatic heterocycles. The molecule has 1 rings (SSSR count). The van der Waals surface area contributed by atoms with Gasteiger partial charge >= 0.3 is 0 Å². The lowest BCUT2D eigenvalue weighted by atomic mass is 9.89. The Hall–Kier alpha value is -1.08. The monoisotopic (exact) mass is 259 g/mol. The van der Waals surface area contributed by atoms with E-state index in [1.807, 2.05) is 0 Å². The average Bonchev–Trinajstić information content (AvgIpc) is 2.46. The molecule has 1 aromatic rings. The Morgan fingerprint density at radius 2 is 1.95 bits per heavy atom. The molecule has 1 nitrogen and oxygen atoms in total. The van der Waals surface area contributed by atoms with E-state index in [2.05, 4.69) is 62.2 Å². The van der Waals surface area contributed by atoms with Gasteiger partial charge in [-0.3, -0.25) is 0 Å². The fraction of sp³-hybridized carbons (Fsp3) is 0.556. The molecule has 0 aliphatic carbocycles. The highest BCUT2D eigenvalue weighted by molar-refractivity contribution is 5.14. The maximum atomic E-state index is 3.91. The van der Waals surface area contributed by atoms with Crippen LogP contribution in [0.2, 0.25) is 0 Å². The van der Waals surface area contributed by atoms with Crippen molar-refractivity contribution in [1.82, 2.24) is 5.32 Å². The Balaban J connectivity index is 2.52. The van der Waals surface area contributed by atoms with Gasteiger partial charge in [-0.25, -0.2) is 0 Å². The van der Waals surface area contributed by atoms with Crippen LogP contribution < -0.4 is 5.32 Å². The van der Waals surface area contributed by atoms with Crippen molar-refractivity contribution in [3.63, 3.8) is 0 Å². The van der Waals surface area contributed by atoms with Crippen LogP contribution in [-0.4, -0.2) is 6.04 Å². The Labute approximate surface area is 119 Å². The highest BCUT2D eigenvalue weighted by Gasteiger charge is 2.17. The summed E-state index contributed by atoms with van der Waals surface area (Å²) in [5.74, 6) is 0.765. The van der Waals surface area contributed by atoms with Crippen LogP contribution in [0.25, 0.3) is 0 Å². The summed E-state index contributed by atoms with van der Waals surface area (Å²) in [6.07, 6.45) is 8.31. The number of unbranched alkanes of at least 4 members (excludes halogenated alkanes) is 1. The van der Waals surface area contributed by atoms with Gasteiger partial charge in [-0.1, -0.05) is 69.5 Å². The third kappa shape index (κ3) is 6.07. The third-order valence-electron chi connectivity index (χ3n) is 3.85. The Morgan fingerprint density at radius 3 is 2.53 bits per heavy atom. The van der Waals surface area contributed by atoms with E-state index in [-0.39, 0.29) is 0 Å². The van der Waals surface area contributed by atoms with Crippen molar-refractivity contribution in [2.24, 2.45) is 5.92 Å². The lowest BCUT2D eigenvalue weighted by molar-refractivity contribution is 0.317. The van der Waals surface area contributed by atoms with Gasteiger partial charge in [-0.15, -0.1) is 6.58 Å². The zero-order valence-electron chi connectivity index (χ0n) is 12.6. The van der Waals surface area contributed by atoms with Gasteiger partial charge in [0, 0.05) is 12.6 Å². The molecule has 0 radical (unpaired) electrons. The molecular weight excluding hydrogens is 230 g/mol. The summed E-state index contributed by atoms with van der Waals surface area (Å²) in [4.78, 5) is 0. The number of nitrogens with one attached hydrogen (secondary N) is 1. The first-order valence-electron chi connectivity index (χ1n) is 7.70. The van der Waals surface area contributed by atoms with Crippen LogP contribution in [0.4, 0.5) is 0 Å². The largest absolute Gasteiger partial charge is 0.309 e. The molecular formula is C18H29N. The van der Waals surface area contributed by atoms with Gasteiger partial charge in [-0.05, 0) is 24.3 Å². The number of hydrogen-bond acceptors (Lipinski definition) is 1. The topological polar surface area (TPSA) is 12.0 Å². The van der Waals surface area contributed by atoms with Gasteiger partial charge in [0.15, 0.2) is 0 Å². The van der Waals surface area contributed by atoms with Gasteiger partial charge in [0.1, 0.15) is 0 Å². The van der Waals surface area contributed by atoms with Gasteiger partial charge in [0.25, 0.3) is 0 Å². The van der Waals surface area contributed by atoms with E-state index < -0.39 is 0 Å². The van der Waals surface area contributed by atoms with Crippen LogP contribution in [0.3, 0.4) is 0 Å². The number of benzene rings is 1. The van der Waals surface area contributed by atoms with Crippen LogP contribution in [0, 0.1) is 5.92 Å². The molecule has 0 saturated heterocycles. The summed E-state index contributed by atoms with van der Waals surface area (Å²) in [7, 11) is 0. The predicted octanol–water partition coefficient (Wildman–Crippen LogP) is 4.94. The molecule has 106 valence electrons. The molecule has 19 heavy (non-hydrogen) atoms. The first kappa shape index (κ1) is 16.0. The minimum Gasteiger partial charge on any atom is -0.309 e. The molecule has 2 atom stereocenters. The fourth-order valence-electron chi connectivity index (χ4n) is 2.62. The maximum absolute atomic E-state index is 3.91. The van der Waals surface area contributed by atoms with Crippen LogP contribution in [0.5, 0.6) is 0 Å². The van der Waals surface area contributed by atoms with Crippen molar-refractivity contribution >= 4 is 0 Å². The minimum atomic E-state index is 0.564. The third-order valence-corrected chi connectivity index (χ3v) is 3.85. The van der Waals surface area contributed by atoms with E-state index in [1.54, 1.807) is 0 Å². The average molecular weight is 259 g/mol. The van der Waals surface area contributed by atoms with Gasteiger partial charge in [-0.2, -0.15) is 0 Å². The Bertz CT molecular complexity index is 331. The smallest absolute Gasteiger partial charge is 0.0208 e. The van der Waals surface area contributed by atoms with Crippen molar-refractivity contribution < 1.29 is 0 Å². The Kier molecular flexibility index (Phi) is 8.24. The van der Waals surface area contributed by atoms with Crippen molar-refractivity contribution in [2.45, 2.75) is 58.5 Å². The second-order valence-electron chi connectivity index (χ2n) is 5.31. The highest BCUT2D eigenvalue weighted by atomic mass is 14.9. The summed E-state index contributed by atoms with van der Waals surface area (Å²) in [6.45, 7) is 9.45. The van der Waals surface area contributed by atoms with E-state index in [0.717, 1.165) is 18.9 Å². The Morgan fingerprint density at radius 1 is 1.21 bits per heavy atom. The first-order valence-corrected chi connectivity index (χ1v) is 7.70.